The van der Waals surface area contributed by atoms with Gasteiger partial charge in [0.05, 0.1) is 48.5 Å². The summed E-state index contributed by atoms with van der Waals surface area (Å²) in [6, 6.07) is 0. The van der Waals surface area contributed by atoms with Crippen LogP contribution in [-0.2, 0) is 43.7 Å². The molecule has 0 radical (unpaired) electrons. The Morgan fingerprint density at radius 2 is 0.739 bits per heavy atom. The van der Waals surface area contributed by atoms with Crippen LogP contribution < -0.4 is 0 Å². The van der Waals surface area contributed by atoms with Crippen molar-refractivity contribution in [3.05, 3.63) is 34.5 Å². The molecule has 0 saturated heterocycles. The van der Waals surface area contributed by atoms with Crippen LogP contribution in [0, 0.1) is 0 Å². The Kier molecular flexibility index (Phi) is 32.8. The lowest BCUT2D eigenvalue weighted by molar-refractivity contribution is 0.595. The smallest absolute Gasteiger partial charge is 0.239 e. The highest BCUT2D eigenvalue weighted by Crippen LogP contribution is 2.32. The molecule has 46 heavy (non-hydrogen) atoms. The van der Waals surface area contributed by atoms with Gasteiger partial charge < -0.3 is 0 Å². The fourth-order valence-electron chi connectivity index (χ4n) is 5.40. The molecule has 270 valence electrons. The first kappa shape index (κ1) is 45.6. The maximum Gasteiger partial charge on any atom is 0.239 e. The predicted molar refractivity (Wildman–Crippen MR) is 210 cm³/mol. The van der Waals surface area contributed by atoms with E-state index in [-0.39, 0.29) is 11.3 Å². The van der Waals surface area contributed by atoms with Crippen LogP contribution in [0.15, 0.2) is 34.5 Å². The molecule has 0 amide bonds. The van der Waals surface area contributed by atoms with E-state index in [1.165, 1.54) is 64.2 Å². The van der Waals surface area contributed by atoms with E-state index in [4.69, 9.17) is 0 Å². The summed E-state index contributed by atoms with van der Waals surface area (Å²) in [5.74, 6) is 0. The van der Waals surface area contributed by atoms with Gasteiger partial charge in [0.2, 0.25) is 3.41 Å². The minimum Gasteiger partial charge on any atom is -0.252 e. The Hall–Kier alpha value is -0.440. The molecular formula is C38H70O4S4. The molecule has 0 spiro atoms. The molecule has 0 aromatic heterocycles. The van der Waals surface area contributed by atoms with E-state index in [0.717, 1.165) is 96.3 Å². The SMILES string of the molecule is CCCCCCC=CS(=O)C(C(CCCCCCCCC)=S=O)(S(=O)C=CCCCCCCC)S(=O)C=CCCCCCCCC. The lowest BCUT2D eigenvalue weighted by Crippen LogP contribution is -2.49. The molecule has 0 aliphatic rings. The monoisotopic (exact) mass is 718 g/mol. The Bertz CT molecular complexity index is 952. The summed E-state index contributed by atoms with van der Waals surface area (Å²) in [6.45, 7) is 8.78. The average molecular weight is 719 g/mol. The van der Waals surface area contributed by atoms with Crippen molar-refractivity contribution < 1.29 is 16.8 Å². The molecule has 0 aromatic rings. The van der Waals surface area contributed by atoms with Crippen LogP contribution in [0.2, 0.25) is 0 Å². The second kappa shape index (κ2) is 33.1. The Morgan fingerprint density at radius 3 is 1.07 bits per heavy atom. The van der Waals surface area contributed by atoms with Gasteiger partial charge in [-0.25, -0.2) is 4.21 Å². The van der Waals surface area contributed by atoms with Crippen LogP contribution in [0.3, 0.4) is 0 Å². The van der Waals surface area contributed by atoms with Gasteiger partial charge in [-0.05, 0) is 51.4 Å². The van der Waals surface area contributed by atoms with E-state index >= 15 is 0 Å². The number of hydrogen-bond donors (Lipinski definition) is 0. The summed E-state index contributed by atoms with van der Waals surface area (Å²) in [6.07, 6.45) is 33.0. The topological polar surface area (TPSA) is 68.3 Å². The van der Waals surface area contributed by atoms with Crippen molar-refractivity contribution in [2.24, 2.45) is 0 Å². The fourth-order valence-corrected chi connectivity index (χ4v) is 12.2. The number of hydrogen-bond acceptors (Lipinski definition) is 4. The zero-order valence-electron chi connectivity index (χ0n) is 30.1. The van der Waals surface area contributed by atoms with E-state index in [9.17, 15) is 16.8 Å². The molecule has 0 heterocycles. The Morgan fingerprint density at radius 1 is 0.457 bits per heavy atom. The van der Waals surface area contributed by atoms with Crippen LogP contribution >= 0.6 is 0 Å². The summed E-state index contributed by atoms with van der Waals surface area (Å²) >= 11 is 0.278. The van der Waals surface area contributed by atoms with Gasteiger partial charge in [0.25, 0.3) is 0 Å². The number of rotatable bonds is 33. The molecule has 0 rings (SSSR count). The third-order valence-corrected chi connectivity index (χ3v) is 16.0. The molecule has 0 N–H and O–H groups in total. The van der Waals surface area contributed by atoms with Crippen molar-refractivity contribution in [3.63, 3.8) is 0 Å². The molecule has 0 fully saturated rings. The molecular weight excluding hydrogens is 649 g/mol. The summed E-state index contributed by atoms with van der Waals surface area (Å²) in [7, 11) is -5.67. The number of unbranched alkanes of at least 4 members (excludes halogenated alkanes) is 21. The first-order valence-corrected chi connectivity index (χ1v) is 23.2. The van der Waals surface area contributed by atoms with E-state index in [1.54, 1.807) is 16.2 Å². The Labute approximate surface area is 296 Å². The molecule has 0 aromatic carbocycles. The van der Waals surface area contributed by atoms with Gasteiger partial charge in [-0.2, -0.15) is 0 Å². The van der Waals surface area contributed by atoms with Crippen molar-refractivity contribution in [2.75, 3.05) is 0 Å². The molecule has 4 unspecified atom stereocenters. The second-order valence-corrected chi connectivity index (χ2v) is 18.4. The van der Waals surface area contributed by atoms with Crippen molar-refractivity contribution in [1.82, 2.24) is 0 Å². The van der Waals surface area contributed by atoms with Crippen LogP contribution in [0.25, 0.3) is 0 Å². The zero-order valence-corrected chi connectivity index (χ0v) is 33.4. The van der Waals surface area contributed by atoms with Crippen LogP contribution in [0.1, 0.15) is 195 Å². The highest BCUT2D eigenvalue weighted by molar-refractivity contribution is 8.24. The van der Waals surface area contributed by atoms with Crippen molar-refractivity contribution in [1.29, 1.82) is 0 Å². The highest BCUT2D eigenvalue weighted by atomic mass is 32.3. The molecule has 0 aliphatic heterocycles. The zero-order chi connectivity index (χ0) is 34.1. The first-order valence-electron chi connectivity index (χ1n) is 18.8. The van der Waals surface area contributed by atoms with Gasteiger partial charge in [-0.3, -0.25) is 12.6 Å². The van der Waals surface area contributed by atoms with Gasteiger partial charge in [-0.15, -0.1) is 0 Å². The normalized spacial score (nSPS) is 15.5. The summed E-state index contributed by atoms with van der Waals surface area (Å²) in [4.78, 5) is 0.309. The lowest BCUT2D eigenvalue weighted by Gasteiger charge is -2.28. The third kappa shape index (κ3) is 20.8. The largest absolute Gasteiger partial charge is 0.252 e. The Balaban J connectivity index is 6.20. The van der Waals surface area contributed by atoms with Gasteiger partial charge in [0, 0.05) is 16.2 Å². The van der Waals surface area contributed by atoms with Crippen LogP contribution in [0.5, 0.6) is 0 Å². The predicted octanol–water partition coefficient (Wildman–Crippen LogP) is 12.0. The summed E-state index contributed by atoms with van der Waals surface area (Å²) < 4.78 is 54.0. The first-order chi connectivity index (χ1) is 22.5. The fraction of sp³-hybridized carbons (Fsp3) is 0.816. The van der Waals surface area contributed by atoms with Crippen LogP contribution in [-0.4, -0.2) is 25.1 Å². The molecule has 4 nitrogen and oxygen atoms in total. The maximum atomic E-state index is 14.3. The van der Waals surface area contributed by atoms with Crippen molar-refractivity contribution in [2.45, 2.75) is 198 Å². The van der Waals surface area contributed by atoms with Gasteiger partial charge >= 0.3 is 0 Å². The van der Waals surface area contributed by atoms with Gasteiger partial charge in [0.1, 0.15) is 0 Å². The second-order valence-electron chi connectivity index (χ2n) is 12.6. The maximum absolute atomic E-state index is 14.3. The number of allylic oxidation sites excluding steroid dienone is 3. The minimum absolute atomic E-state index is 0.278. The molecule has 4 atom stereocenters. The molecule has 0 aliphatic carbocycles. The van der Waals surface area contributed by atoms with Gasteiger partial charge in [0.15, 0.2) is 0 Å². The quantitative estimate of drug-likeness (QED) is 0.0500. The minimum atomic E-state index is -1.89. The standard InChI is InChI=1S/C38H70O4S4/c1-5-9-13-17-21-24-28-32-36-46(42)38(44(40)34-30-26-20-16-12-8-4,45(41)35-31-27-23-19-15-11-7-3)37(43-39)33-29-25-22-18-14-10-6-2/h30-32,34-36H,5-29,33H2,1-4H3. The van der Waals surface area contributed by atoms with Gasteiger partial charge in [-0.1, -0.05) is 161 Å². The van der Waals surface area contributed by atoms with E-state index < -0.39 is 35.8 Å². The molecule has 0 saturated carbocycles. The van der Waals surface area contributed by atoms with Crippen molar-refractivity contribution >= 4 is 48.5 Å². The molecule has 8 heteroatoms. The van der Waals surface area contributed by atoms with E-state index in [0.29, 0.717) is 11.3 Å². The molecule has 0 bridgehead atoms. The van der Waals surface area contributed by atoms with E-state index in [2.05, 4.69) is 27.7 Å². The highest BCUT2D eigenvalue weighted by Gasteiger charge is 2.51. The lowest BCUT2D eigenvalue weighted by atomic mass is 10.1. The van der Waals surface area contributed by atoms with Crippen LogP contribution in [0.4, 0.5) is 0 Å². The third-order valence-electron chi connectivity index (χ3n) is 8.33. The summed E-state index contributed by atoms with van der Waals surface area (Å²) in [5.41, 5.74) is 0. The summed E-state index contributed by atoms with van der Waals surface area (Å²) in [5, 5.41) is 4.77. The average Bonchev–Trinajstić information content (AvgIpc) is 3.06. The van der Waals surface area contributed by atoms with Crippen molar-refractivity contribution in [3.8, 4) is 0 Å². The van der Waals surface area contributed by atoms with E-state index in [1.807, 2.05) is 18.2 Å².